The third-order valence-corrected chi connectivity index (χ3v) is 5.10. The fraction of sp³-hybridized carbons (Fsp3) is 0.0833. The van der Waals surface area contributed by atoms with E-state index in [1.54, 1.807) is 24.3 Å². The van der Waals surface area contributed by atoms with Gasteiger partial charge in [0.2, 0.25) is 0 Å². The van der Waals surface area contributed by atoms with Crippen LogP contribution in [0.4, 0.5) is 26.3 Å². The van der Waals surface area contributed by atoms with E-state index in [4.69, 9.17) is 0 Å². The van der Waals surface area contributed by atoms with Crippen LogP contribution in [0.1, 0.15) is 11.6 Å². The normalized spacial score (nSPS) is 14.2. The summed E-state index contributed by atoms with van der Waals surface area (Å²) in [6.07, 6.45) is -4.58. The van der Waals surface area contributed by atoms with Crippen molar-refractivity contribution >= 4 is 11.1 Å². The van der Waals surface area contributed by atoms with E-state index in [0.717, 1.165) is 0 Å². The summed E-state index contributed by atoms with van der Waals surface area (Å²) in [4.78, 5) is 15.3. The van der Waals surface area contributed by atoms with E-state index < -0.39 is 35.4 Å². The number of alkyl halides is 6. The van der Waals surface area contributed by atoms with Crippen molar-refractivity contribution in [1.29, 1.82) is 21.0 Å². The number of nitrogens with zero attached hydrogens (tertiary/aromatic N) is 8. The van der Waals surface area contributed by atoms with E-state index in [2.05, 4.69) is 29.4 Å². The van der Waals surface area contributed by atoms with Crippen LogP contribution < -0.4 is 9.47 Å². The zero-order chi connectivity index (χ0) is 29.2. The zero-order valence-corrected chi connectivity index (χ0v) is 19.1. The van der Waals surface area contributed by atoms with Crippen molar-refractivity contribution in [2.24, 2.45) is 0 Å². The predicted octanol–water partition coefficient (Wildman–Crippen LogP) is 4.54. The number of aromatic nitrogens is 4. The topological polar surface area (TPSA) is 165 Å². The molecule has 196 valence electrons. The van der Waals surface area contributed by atoms with Gasteiger partial charge in [0.25, 0.3) is 0 Å². The van der Waals surface area contributed by atoms with E-state index in [9.17, 15) is 47.4 Å². The Labute approximate surface area is 219 Å². The van der Waals surface area contributed by atoms with Gasteiger partial charge in [-0.05, 0) is 23.3 Å². The number of halogens is 6. The smallest absolute Gasteiger partial charge is 0.402 e. The first-order chi connectivity index (χ1) is 18.9. The van der Waals surface area contributed by atoms with Crippen molar-refractivity contribution in [3.63, 3.8) is 0 Å². The van der Waals surface area contributed by atoms with Gasteiger partial charge in [0.05, 0.1) is 24.8 Å². The van der Waals surface area contributed by atoms with Gasteiger partial charge in [-0.25, -0.2) is 19.9 Å². The fourth-order valence-corrected chi connectivity index (χ4v) is 3.74. The van der Waals surface area contributed by atoms with Crippen molar-refractivity contribution in [3.05, 3.63) is 82.0 Å². The summed E-state index contributed by atoms with van der Waals surface area (Å²) in [5.41, 5.74) is -0.887. The van der Waals surface area contributed by atoms with Crippen molar-refractivity contribution in [3.8, 4) is 35.8 Å². The van der Waals surface area contributed by atoms with Gasteiger partial charge in [-0.2, -0.15) is 21.0 Å². The van der Waals surface area contributed by atoms with Gasteiger partial charge < -0.3 is 9.47 Å². The lowest BCUT2D eigenvalue weighted by atomic mass is 9.96. The first kappa shape index (κ1) is 27.0. The number of hydrogen-bond acceptors (Lipinski definition) is 10. The summed E-state index contributed by atoms with van der Waals surface area (Å²) < 4.78 is 82.5. The molecule has 0 radical (unpaired) electrons. The second-order valence-electron chi connectivity index (χ2n) is 7.47. The molecule has 2 aromatic heterocycles. The molecule has 0 spiro atoms. The standard InChI is InChI=1S/C24H6F6N8O2/c25-23(26,27)39-13-7-35-21(36-8-13)17-1-15-16(20(17)12(5-33)6-34)2-18(19(15)11(3-31)4-32)22-37-9-14(10-38-22)40-24(28,29)30/h1-2,7-10H. The lowest BCUT2D eigenvalue weighted by molar-refractivity contribution is -0.275. The zero-order valence-electron chi connectivity index (χ0n) is 19.1. The molecule has 0 bridgehead atoms. The third-order valence-electron chi connectivity index (χ3n) is 5.10. The van der Waals surface area contributed by atoms with Crippen LogP contribution in [0.15, 0.2) is 70.4 Å². The highest BCUT2D eigenvalue weighted by Gasteiger charge is 2.37. The molecular weight excluding hydrogens is 546 g/mol. The van der Waals surface area contributed by atoms with E-state index in [-0.39, 0.29) is 45.1 Å². The van der Waals surface area contributed by atoms with Gasteiger partial charge in [0.15, 0.2) is 23.1 Å². The minimum atomic E-state index is -5.01. The number of allylic oxidation sites excluding steroid dienone is 10. The van der Waals surface area contributed by atoms with E-state index in [0.29, 0.717) is 24.8 Å². The van der Waals surface area contributed by atoms with Gasteiger partial charge in [-0.3, -0.25) is 0 Å². The first-order valence-electron chi connectivity index (χ1n) is 10.3. The van der Waals surface area contributed by atoms with Crippen molar-refractivity contribution in [2.45, 2.75) is 12.7 Å². The maximum atomic E-state index is 12.5. The lowest BCUT2D eigenvalue weighted by Gasteiger charge is -2.11. The van der Waals surface area contributed by atoms with E-state index in [1.807, 2.05) is 0 Å². The average molecular weight is 552 g/mol. The highest BCUT2D eigenvalue weighted by Crippen LogP contribution is 2.50. The van der Waals surface area contributed by atoms with Gasteiger partial charge in [-0.15, -0.1) is 26.3 Å². The molecule has 4 rings (SSSR count). The summed E-state index contributed by atoms with van der Waals surface area (Å²) in [6, 6.07) is 6.76. The molecule has 2 aromatic rings. The SMILES string of the molecule is N#CC(C#N)=C1C(c2ncc(OC(F)(F)F)cn2)=CC2=C1C=C(c1ncc(OC(F)(F)F)cn1)C2=C(C#N)C#N. The molecule has 2 aliphatic carbocycles. The van der Waals surface area contributed by atoms with Crippen LogP contribution in [-0.4, -0.2) is 32.7 Å². The molecule has 0 saturated carbocycles. The molecule has 0 N–H and O–H groups in total. The number of rotatable bonds is 4. The van der Waals surface area contributed by atoms with Crippen LogP contribution in [0.3, 0.4) is 0 Å². The number of ether oxygens (including phenoxy) is 2. The molecule has 2 aliphatic rings. The maximum absolute atomic E-state index is 12.5. The lowest BCUT2D eigenvalue weighted by Crippen LogP contribution is -2.17. The molecule has 0 atom stereocenters. The summed E-state index contributed by atoms with van der Waals surface area (Å²) >= 11 is 0. The second-order valence-corrected chi connectivity index (χ2v) is 7.47. The minimum absolute atomic E-state index is 0.000434. The van der Waals surface area contributed by atoms with Crippen LogP contribution in [0.25, 0.3) is 11.1 Å². The monoisotopic (exact) mass is 552 g/mol. The second kappa shape index (κ2) is 10.0. The molecule has 0 saturated heterocycles. The molecule has 0 aliphatic heterocycles. The van der Waals surface area contributed by atoms with Crippen molar-refractivity contribution in [2.75, 3.05) is 0 Å². The Balaban J connectivity index is 1.85. The van der Waals surface area contributed by atoms with Crippen LogP contribution in [0, 0.1) is 45.3 Å². The van der Waals surface area contributed by atoms with Gasteiger partial charge in [0.1, 0.15) is 35.4 Å². The van der Waals surface area contributed by atoms with Gasteiger partial charge in [0, 0.05) is 22.3 Å². The van der Waals surface area contributed by atoms with Crippen molar-refractivity contribution in [1.82, 2.24) is 19.9 Å². The molecule has 2 heterocycles. The Hall–Kier alpha value is -6.00. The molecular formula is C24H6F6N8O2. The van der Waals surface area contributed by atoms with Crippen LogP contribution in [-0.2, 0) is 0 Å². The Morgan fingerprint density at radius 3 is 1.12 bits per heavy atom. The Morgan fingerprint density at radius 1 is 0.575 bits per heavy atom. The quantitative estimate of drug-likeness (QED) is 0.388. The van der Waals surface area contributed by atoms with Gasteiger partial charge >= 0.3 is 12.7 Å². The van der Waals surface area contributed by atoms with E-state index >= 15 is 0 Å². The van der Waals surface area contributed by atoms with E-state index in [1.165, 1.54) is 12.2 Å². The van der Waals surface area contributed by atoms with Crippen LogP contribution in [0.2, 0.25) is 0 Å². The fourth-order valence-electron chi connectivity index (χ4n) is 3.74. The van der Waals surface area contributed by atoms with Crippen molar-refractivity contribution < 1.29 is 35.8 Å². The van der Waals surface area contributed by atoms with Crippen LogP contribution >= 0.6 is 0 Å². The minimum Gasteiger partial charge on any atom is -0.402 e. The maximum Gasteiger partial charge on any atom is 0.573 e. The summed E-state index contributed by atoms with van der Waals surface area (Å²) in [5, 5.41) is 38.3. The Kier molecular flexibility index (Phi) is 6.79. The molecule has 16 heteroatoms. The molecule has 40 heavy (non-hydrogen) atoms. The highest BCUT2D eigenvalue weighted by molar-refractivity contribution is 6.03. The average Bonchev–Trinajstić information content (AvgIpc) is 3.42. The summed E-state index contributed by atoms with van der Waals surface area (Å²) in [5.74, 6) is -1.93. The molecule has 0 unspecified atom stereocenters. The number of nitriles is 4. The Morgan fingerprint density at radius 2 is 0.875 bits per heavy atom. The molecule has 10 nitrogen and oxygen atoms in total. The molecule has 0 aromatic carbocycles. The summed E-state index contributed by atoms with van der Waals surface area (Å²) in [7, 11) is 0. The van der Waals surface area contributed by atoms with Gasteiger partial charge in [-0.1, -0.05) is 0 Å². The number of hydrogen-bond donors (Lipinski definition) is 0. The molecule has 0 amide bonds. The molecule has 0 fully saturated rings. The third kappa shape index (κ3) is 5.32. The predicted molar refractivity (Wildman–Crippen MR) is 117 cm³/mol. The Bertz CT molecular complexity index is 1570. The largest absolute Gasteiger partial charge is 0.573 e. The van der Waals surface area contributed by atoms with Crippen LogP contribution in [0.5, 0.6) is 11.5 Å². The summed E-state index contributed by atoms with van der Waals surface area (Å²) in [6.45, 7) is 0. The highest BCUT2D eigenvalue weighted by atomic mass is 19.4. The first-order valence-corrected chi connectivity index (χ1v) is 10.3.